The fourth-order valence-electron chi connectivity index (χ4n) is 2.93. The summed E-state index contributed by atoms with van der Waals surface area (Å²) in [6.07, 6.45) is 1.46. The Hall–Kier alpha value is -2.78. The van der Waals surface area contributed by atoms with E-state index in [2.05, 4.69) is 20.9 Å². The molecular formula is C18H17ClN4O4S. The summed E-state index contributed by atoms with van der Waals surface area (Å²) in [6.45, 7) is -0.469. The second-order valence-corrected chi connectivity index (χ2v) is 7.49. The third-order valence-corrected chi connectivity index (χ3v) is 5.50. The molecule has 3 amide bonds. The average Bonchev–Trinajstić information content (AvgIpc) is 3.30. The molecule has 28 heavy (non-hydrogen) atoms. The number of hydrogen-bond acceptors (Lipinski definition) is 6. The highest BCUT2D eigenvalue weighted by Crippen LogP contribution is 2.35. The second kappa shape index (κ2) is 8.49. The number of carbonyl (C=O) groups is 4. The van der Waals surface area contributed by atoms with Crippen molar-refractivity contribution in [3.63, 3.8) is 0 Å². The summed E-state index contributed by atoms with van der Waals surface area (Å²) in [5.41, 5.74) is 2.86. The molecule has 1 aromatic carbocycles. The van der Waals surface area contributed by atoms with Crippen LogP contribution < -0.4 is 16.0 Å². The molecule has 0 saturated carbocycles. The Bertz CT molecular complexity index is 959. The first-order chi connectivity index (χ1) is 13.4. The smallest absolute Gasteiger partial charge is 0.289 e. The predicted molar refractivity (Wildman–Crippen MR) is 105 cm³/mol. The van der Waals surface area contributed by atoms with Crippen molar-refractivity contribution in [2.75, 3.05) is 18.9 Å². The molecule has 0 fully saturated rings. The minimum absolute atomic E-state index is 0.0991. The van der Waals surface area contributed by atoms with E-state index >= 15 is 0 Å². The summed E-state index contributed by atoms with van der Waals surface area (Å²) < 4.78 is 0. The van der Waals surface area contributed by atoms with Gasteiger partial charge >= 0.3 is 0 Å². The van der Waals surface area contributed by atoms with Crippen molar-refractivity contribution in [3.8, 4) is 0 Å². The minimum atomic E-state index is -0.805. The molecule has 0 spiro atoms. The lowest BCUT2D eigenvalue weighted by atomic mass is 10.1. The lowest BCUT2D eigenvalue weighted by molar-refractivity contribution is -0.136. The molecule has 1 heterocycles. The van der Waals surface area contributed by atoms with Gasteiger partial charge in [-0.25, -0.2) is 4.98 Å². The number of rotatable bonds is 6. The molecule has 1 aliphatic rings. The number of hydrogen-bond donors (Lipinski definition) is 3. The highest BCUT2D eigenvalue weighted by molar-refractivity contribution is 7.09. The number of aromatic nitrogens is 1. The maximum absolute atomic E-state index is 12.7. The highest BCUT2D eigenvalue weighted by atomic mass is 35.5. The number of fused-ring (bicyclic) bond motifs is 1. The number of likely N-dealkylation sites (N-methyl/N-ethyl adjacent to an activating group) is 1. The lowest BCUT2D eigenvalue weighted by Gasteiger charge is -2.14. The number of nitrogens with one attached hydrogen (secondary N) is 3. The van der Waals surface area contributed by atoms with E-state index < -0.39 is 24.1 Å². The van der Waals surface area contributed by atoms with Gasteiger partial charge in [0.2, 0.25) is 11.7 Å². The first-order valence-electron chi connectivity index (χ1n) is 8.46. The molecule has 3 N–H and O–H groups in total. The number of anilines is 1. The second-order valence-electron chi connectivity index (χ2n) is 6.12. The van der Waals surface area contributed by atoms with Gasteiger partial charge in [-0.3, -0.25) is 19.2 Å². The zero-order chi connectivity index (χ0) is 20.3. The first kappa shape index (κ1) is 20.0. The number of amides is 3. The Kier molecular flexibility index (Phi) is 6.05. The van der Waals surface area contributed by atoms with Crippen LogP contribution >= 0.6 is 22.9 Å². The van der Waals surface area contributed by atoms with Gasteiger partial charge in [0.1, 0.15) is 0 Å². The zero-order valence-electron chi connectivity index (χ0n) is 14.9. The van der Waals surface area contributed by atoms with Crippen LogP contribution in [-0.4, -0.2) is 42.1 Å². The summed E-state index contributed by atoms with van der Waals surface area (Å²) in [5.74, 6) is -2.85. The van der Waals surface area contributed by atoms with Crippen molar-refractivity contribution >= 4 is 52.1 Å². The van der Waals surface area contributed by atoms with Gasteiger partial charge in [0.15, 0.2) is 0 Å². The van der Waals surface area contributed by atoms with Crippen LogP contribution in [0.3, 0.4) is 0 Å². The Balaban J connectivity index is 1.74. The van der Waals surface area contributed by atoms with E-state index in [4.69, 9.17) is 11.6 Å². The average molecular weight is 421 g/mol. The van der Waals surface area contributed by atoms with Gasteiger partial charge in [-0.2, -0.15) is 0 Å². The fourth-order valence-corrected chi connectivity index (χ4v) is 3.94. The number of aryl methyl sites for hydroxylation is 1. The summed E-state index contributed by atoms with van der Waals surface area (Å²) in [5, 5.41) is 7.60. The molecule has 0 bridgehead atoms. The number of thiazole rings is 1. The molecular weight excluding hydrogens is 404 g/mol. The third-order valence-electron chi connectivity index (χ3n) is 4.35. The van der Waals surface area contributed by atoms with Crippen molar-refractivity contribution in [1.29, 1.82) is 0 Å². The fraction of sp³-hybridized carbons (Fsp3) is 0.278. The van der Waals surface area contributed by atoms with E-state index in [1.165, 1.54) is 30.5 Å². The topological polar surface area (TPSA) is 117 Å². The minimum Gasteiger partial charge on any atom is -0.353 e. The molecule has 0 saturated heterocycles. The number of halogens is 1. The van der Waals surface area contributed by atoms with Gasteiger partial charge in [0.05, 0.1) is 34.9 Å². The summed E-state index contributed by atoms with van der Waals surface area (Å²) >= 11 is 7.51. The predicted octanol–water partition coefficient (Wildman–Crippen LogP) is 1.51. The van der Waals surface area contributed by atoms with Gasteiger partial charge in [-0.15, -0.1) is 11.3 Å². The Labute approximate surface area is 169 Å². The molecule has 1 unspecified atom stereocenters. The molecule has 10 heteroatoms. The van der Waals surface area contributed by atoms with Crippen LogP contribution in [0.2, 0.25) is 5.02 Å². The molecule has 8 nitrogen and oxygen atoms in total. The maximum atomic E-state index is 12.7. The Morgan fingerprint density at radius 3 is 2.82 bits per heavy atom. The van der Waals surface area contributed by atoms with E-state index in [-0.39, 0.29) is 23.1 Å². The van der Waals surface area contributed by atoms with Gasteiger partial charge in [-0.05, 0) is 31.0 Å². The number of carbonyl (C=O) groups excluding carboxylic acids is 4. The third kappa shape index (κ3) is 4.20. The van der Waals surface area contributed by atoms with Gasteiger partial charge in [-0.1, -0.05) is 11.6 Å². The van der Waals surface area contributed by atoms with Crippen molar-refractivity contribution in [2.45, 2.75) is 18.8 Å². The molecule has 2 aromatic rings. The van der Waals surface area contributed by atoms with Crippen molar-refractivity contribution < 1.29 is 19.2 Å². The standard InChI is InChI=1S/C18H17ClN4O4S/c1-20-18(27)13(24)7-21-16(25)11-6-9(19)2-4-12(11)23-17(26)10-3-5-14-15(10)22-8-28-14/h2,4,6,8,10H,3,5,7H2,1H3,(H,20,27)(H,21,25)(H,23,26). The summed E-state index contributed by atoms with van der Waals surface area (Å²) in [4.78, 5) is 53.4. The molecule has 1 aromatic heterocycles. The number of Topliss-reactive ketones (excluding diaryl/α,β-unsaturated/α-hetero) is 1. The molecule has 1 aliphatic carbocycles. The zero-order valence-corrected chi connectivity index (χ0v) is 16.4. The monoisotopic (exact) mass is 420 g/mol. The lowest BCUT2D eigenvalue weighted by Crippen LogP contribution is -2.38. The first-order valence-corrected chi connectivity index (χ1v) is 9.72. The van der Waals surface area contributed by atoms with Crippen LogP contribution in [0.4, 0.5) is 5.69 Å². The van der Waals surface area contributed by atoms with Crippen LogP contribution in [0.5, 0.6) is 0 Å². The van der Waals surface area contributed by atoms with Crippen LogP contribution in [0, 0.1) is 0 Å². The maximum Gasteiger partial charge on any atom is 0.289 e. The summed E-state index contributed by atoms with van der Waals surface area (Å²) in [7, 11) is 1.32. The SMILES string of the molecule is CNC(=O)C(=O)CNC(=O)c1cc(Cl)ccc1NC(=O)C1CCc2scnc21. The molecule has 1 atom stereocenters. The van der Waals surface area contributed by atoms with Gasteiger partial charge < -0.3 is 16.0 Å². The van der Waals surface area contributed by atoms with E-state index in [9.17, 15) is 19.2 Å². The van der Waals surface area contributed by atoms with Gasteiger partial charge in [0, 0.05) is 16.9 Å². The summed E-state index contributed by atoms with van der Waals surface area (Å²) in [6, 6.07) is 4.46. The van der Waals surface area contributed by atoms with Crippen LogP contribution in [-0.2, 0) is 20.8 Å². The number of benzene rings is 1. The van der Waals surface area contributed by atoms with Gasteiger partial charge in [0.25, 0.3) is 11.8 Å². The molecule has 146 valence electrons. The van der Waals surface area contributed by atoms with Crippen LogP contribution in [0.1, 0.15) is 33.3 Å². The molecule has 3 rings (SSSR count). The van der Waals surface area contributed by atoms with Crippen molar-refractivity contribution in [2.24, 2.45) is 0 Å². The number of nitrogens with zero attached hydrogens (tertiary/aromatic N) is 1. The molecule has 0 radical (unpaired) electrons. The number of ketones is 1. The highest BCUT2D eigenvalue weighted by Gasteiger charge is 2.31. The quantitative estimate of drug-likeness (QED) is 0.612. The molecule has 0 aliphatic heterocycles. The van der Waals surface area contributed by atoms with E-state index in [0.29, 0.717) is 11.4 Å². The Morgan fingerprint density at radius 1 is 1.29 bits per heavy atom. The van der Waals surface area contributed by atoms with E-state index in [0.717, 1.165) is 17.0 Å². The van der Waals surface area contributed by atoms with Crippen LogP contribution in [0.25, 0.3) is 0 Å². The van der Waals surface area contributed by atoms with Crippen LogP contribution in [0.15, 0.2) is 23.7 Å². The normalized spacial score (nSPS) is 14.9. The van der Waals surface area contributed by atoms with Crippen molar-refractivity contribution in [1.82, 2.24) is 15.6 Å². The van der Waals surface area contributed by atoms with Crippen molar-refractivity contribution in [3.05, 3.63) is 44.9 Å². The van der Waals surface area contributed by atoms with E-state index in [1.54, 1.807) is 11.6 Å². The van der Waals surface area contributed by atoms with E-state index in [1.807, 2.05) is 0 Å². The largest absolute Gasteiger partial charge is 0.353 e. The Morgan fingerprint density at radius 2 is 2.07 bits per heavy atom.